The maximum absolute atomic E-state index is 13.4. The van der Waals surface area contributed by atoms with E-state index >= 15 is 0 Å². The summed E-state index contributed by atoms with van der Waals surface area (Å²) in [5.74, 6) is -0.382. The van der Waals surface area contributed by atoms with Gasteiger partial charge in [0.05, 0.1) is 5.69 Å². The number of halogens is 1. The number of anilines is 1. The zero-order chi connectivity index (χ0) is 19.5. The van der Waals surface area contributed by atoms with E-state index in [1.165, 1.54) is 18.2 Å². The number of aryl methyl sites for hydroxylation is 1. The molecule has 0 radical (unpaired) electrons. The van der Waals surface area contributed by atoms with E-state index in [0.29, 0.717) is 11.5 Å². The summed E-state index contributed by atoms with van der Waals surface area (Å²) < 4.78 is 15.0. The number of nitrogens with one attached hydrogen (secondary N) is 1. The summed E-state index contributed by atoms with van der Waals surface area (Å²) in [5, 5.41) is 7.04. The normalized spacial score (nSPS) is 10.6. The van der Waals surface area contributed by atoms with Crippen molar-refractivity contribution in [1.29, 1.82) is 0 Å². The second kappa shape index (κ2) is 7.44. The number of nitrogens with zero attached hydrogens (tertiary/aromatic N) is 3. The van der Waals surface area contributed by atoms with Crippen molar-refractivity contribution in [3.8, 4) is 17.1 Å². The van der Waals surface area contributed by atoms with Crippen molar-refractivity contribution in [2.75, 3.05) is 5.32 Å². The smallest absolute Gasteiger partial charge is 0.295 e. The number of carbonyl (C=O) groups is 1. The van der Waals surface area contributed by atoms with Crippen LogP contribution in [0.25, 0.3) is 17.1 Å². The summed E-state index contributed by atoms with van der Waals surface area (Å²) in [4.78, 5) is 17.1. The molecule has 138 valence electrons. The van der Waals surface area contributed by atoms with Gasteiger partial charge in [-0.2, -0.15) is 0 Å². The standard InChI is InChI=1S/C22H17FN4O/c1-15-10-12-19(13-11-15)27-21(16-6-3-2-4-7-16)25-20(26-27)22(28)24-18-9-5-8-17(23)14-18/h2-14H,1H3,(H,24,28). The van der Waals surface area contributed by atoms with Crippen molar-refractivity contribution in [2.45, 2.75) is 6.92 Å². The molecule has 0 spiro atoms. The number of hydrogen-bond acceptors (Lipinski definition) is 3. The Balaban J connectivity index is 1.74. The van der Waals surface area contributed by atoms with Crippen LogP contribution >= 0.6 is 0 Å². The van der Waals surface area contributed by atoms with Gasteiger partial charge in [-0.3, -0.25) is 4.79 Å². The minimum Gasteiger partial charge on any atom is -0.319 e. The predicted octanol–water partition coefficient (Wildman–Crippen LogP) is 4.63. The number of hydrogen-bond donors (Lipinski definition) is 1. The Labute approximate surface area is 161 Å². The van der Waals surface area contributed by atoms with Crippen molar-refractivity contribution in [3.63, 3.8) is 0 Å². The molecule has 1 aromatic heterocycles. The number of amides is 1. The van der Waals surface area contributed by atoms with Gasteiger partial charge in [-0.1, -0.05) is 54.1 Å². The van der Waals surface area contributed by atoms with Crippen molar-refractivity contribution >= 4 is 11.6 Å². The van der Waals surface area contributed by atoms with Crippen LogP contribution in [0.4, 0.5) is 10.1 Å². The number of aromatic nitrogens is 3. The minimum atomic E-state index is -0.506. The zero-order valence-electron chi connectivity index (χ0n) is 15.1. The molecule has 6 heteroatoms. The quantitative estimate of drug-likeness (QED) is 0.568. The van der Waals surface area contributed by atoms with E-state index in [0.717, 1.165) is 16.8 Å². The molecule has 3 aromatic carbocycles. The fraction of sp³-hybridized carbons (Fsp3) is 0.0455. The zero-order valence-corrected chi connectivity index (χ0v) is 15.1. The summed E-state index contributed by atoms with van der Waals surface area (Å²) in [6.45, 7) is 2.00. The molecule has 0 aliphatic carbocycles. The molecule has 0 aliphatic rings. The lowest BCUT2D eigenvalue weighted by molar-refractivity contribution is 0.101. The van der Waals surface area contributed by atoms with E-state index in [9.17, 15) is 9.18 Å². The molecule has 4 aromatic rings. The number of carbonyl (C=O) groups excluding carboxylic acids is 1. The highest BCUT2D eigenvalue weighted by molar-refractivity contribution is 6.01. The fourth-order valence-electron chi connectivity index (χ4n) is 2.80. The van der Waals surface area contributed by atoms with E-state index in [2.05, 4.69) is 15.4 Å². The highest BCUT2D eigenvalue weighted by Gasteiger charge is 2.19. The Morgan fingerprint density at radius 1 is 0.964 bits per heavy atom. The Kier molecular flexibility index (Phi) is 4.68. The van der Waals surface area contributed by atoms with E-state index in [1.54, 1.807) is 10.7 Å². The van der Waals surface area contributed by atoms with Crippen LogP contribution in [0.5, 0.6) is 0 Å². The van der Waals surface area contributed by atoms with Crippen LogP contribution in [0.15, 0.2) is 78.9 Å². The maximum Gasteiger partial charge on any atom is 0.295 e. The molecule has 0 aliphatic heterocycles. The molecule has 0 bridgehead atoms. The molecule has 0 atom stereocenters. The first-order valence-electron chi connectivity index (χ1n) is 8.76. The third-order valence-electron chi connectivity index (χ3n) is 4.20. The van der Waals surface area contributed by atoms with Gasteiger partial charge in [0.15, 0.2) is 5.82 Å². The summed E-state index contributed by atoms with van der Waals surface area (Å²) >= 11 is 0. The molecule has 1 heterocycles. The highest BCUT2D eigenvalue weighted by Crippen LogP contribution is 2.22. The van der Waals surface area contributed by atoms with E-state index < -0.39 is 11.7 Å². The van der Waals surface area contributed by atoms with Crippen molar-refractivity contribution in [1.82, 2.24) is 14.8 Å². The fourth-order valence-corrected chi connectivity index (χ4v) is 2.80. The van der Waals surface area contributed by atoms with Gasteiger partial charge >= 0.3 is 0 Å². The van der Waals surface area contributed by atoms with E-state index in [-0.39, 0.29) is 5.82 Å². The SMILES string of the molecule is Cc1ccc(-n2nc(C(=O)Nc3cccc(F)c3)nc2-c2ccccc2)cc1. The molecule has 0 saturated heterocycles. The third-order valence-corrected chi connectivity index (χ3v) is 4.20. The predicted molar refractivity (Wildman–Crippen MR) is 106 cm³/mol. The third kappa shape index (κ3) is 3.66. The molecule has 0 unspecified atom stereocenters. The van der Waals surface area contributed by atoms with Gasteiger partial charge in [0.2, 0.25) is 5.82 Å². The van der Waals surface area contributed by atoms with Gasteiger partial charge in [-0.15, -0.1) is 5.10 Å². The lowest BCUT2D eigenvalue weighted by Gasteiger charge is -2.06. The Bertz CT molecular complexity index is 1120. The van der Waals surface area contributed by atoms with Crippen LogP contribution < -0.4 is 5.32 Å². The Morgan fingerprint density at radius 2 is 1.71 bits per heavy atom. The Morgan fingerprint density at radius 3 is 2.43 bits per heavy atom. The average molecular weight is 372 g/mol. The first-order valence-corrected chi connectivity index (χ1v) is 8.76. The van der Waals surface area contributed by atoms with Crippen molar-refractivity contribution in [2.24, 2.45) is 0 Å². The number of benzene rings is 3. The highest BCUT2D eigenvalue weighted by atomic mass is 19.1. The van der Waals surface area contributed by atoms with Crippen LogP contribution in [-0.4, -0.2) is 20.7 Å². The lowest BCUT2D eigenvalue weighted by Crippen LogP contribution is -2.14. The summed E-state index contributed by atoms with van der Waals surface area (Å²) in [6.07, 6.45) is 0. The van der Waals surface area contributed by atoms with Gasteiger partial charge in [0, 0.05) is 11.3 Å². The molecular formula is C22H17FN4O. The number of rotatable bonds is 4. The van der Waals surface area contributed by atoms with E-state index in [4.69, 9.17) is 0 Å². The van der Waals surface area contributed by atoms with Gasteiger partial charge in [0.25, 0.3) is 5.91 Å². The summed E-state index contributed by atoms with van der Waals surface area (Å²) in [7, 11) is 0. The van der Waals surface area contributed by atoms with Gasteiger partial charge < -0.3 is 5.32 Å². The first-order chi connectivity index (χ1) is 13.6. The molecule has 4 rings (SSSR count). The average Bonchev–Trinajstić information content (AvgIpc) is 3.15. The van der Waals surface area contributed by atoms with E-state index in [1.807, 2.05) is 61.5 Å². The van der Waals surface area contributed by atoms with Crippen LogP contribution in [0.1, 0.15) is 16.2 Å². The van der Waals surface area contributed by atoms with Gasteiger partial charge in [0.1, 0.15) is 5.82 Å². The van der Waals surface area contributed by atoms with Crippen molar-refractivity contribution < 1.29 is 9.18 Å². The maximum atomic E-state index is 13.4. The molecule has 5 nitrogen and oxygen atoms in total. The Hall–Kier alpha value is -3.80. The summed E-state index contributed by atoms with van der Waals surface area (Å²) in [5.41, 5.74) is 3.09. The molecule has 28 heavy (non-hydrogen) atoms. The second-order valence-corrected chi connectivity index (χ2v) is 6.34. The molecule has 1 amide bonds. The van der Waals surface area contributed by atoms with Crippen molar-refractivity contribution in [3.05, 3.63) is 96.1 Å². The first kappa shape index (κ1) is 17.6. The molecule has 0 fully saturated rings. The van der Waals surface area contributed by atoms with Crippen LogP contribution in [0.3, 0.4) is 0 Å². The molecule has 0 saturated carbocycles. The van der Waals surface area contributed by atoms with Crippen LogP contribution in [0.2, 0.25) is 0 Å². The van der Waals surface area contributed by atoms with Gasteiger partial charge in [-0.25, -0.2) is 14.1 Å². The minimum absolute atomic E-state index is 0.00342. The second-order valence-electron chi connectivity index (χ2n) is 6.34. The lowest BCUT2D eigenvalue weighted by atomic mass is 10.2. The molecule has 1 N–H and O–H groups in total. The topological polar surface area (TPSA) is 59.8 Å². The largest absolute Gasteiger partial charge is 0.319 e. The van der Waals surface area contributed by atoms with Crippen LogP contribution in [0, 0.1) is 12.7 Å². The van der Waals surface area contributed by atoms with Crippen LogP contribution in [-0.2, 0) is 0 Å². The van der Waals surface area contributed by atoms with Gasteiger partial charge in [-0.05, 0) is 37.3 Å². The summed E-state index contributed by atoms with van der Waals surface area (Å²) in [6, 6.07) is 23.0. The molecular weight excluding hydrogens is 355 g/mol. The monoisotopic (exact) mass is 372 g/mol.